The number of halogens is 3. The number of aryl methyl sites for hydroxylation is 1. The van der Waals surface area contributed by atoms with Gasteiger partial charge in [-0.3, -0.25) is 4.79 Å². The second kappa shape index (κ2) is 8.95. The number of fused-ring (bicyclic) bond motifs is 2. The van der Waals surface area contributed by atoms with Crippen LogP contribution < -0.4 is 10.2 Å². The summed E-state index contributed by atoms with van der Waals surface area (Å²) in [6.45, 7) is 7.08. The number of nitrogens with zero attached hydrogens (tertiary/aromatic N) is 3. The molecule has 0 radical (unpaired) electrons. The third-order valence-corrected chi connectivity index (χ3v) is 7.17. The van der Waals surface area contributed by atoms with Gasteiger partial charge in [-0.05, 0) is 52.3 Å². The maximum atomic E-state index is 15.4. The first-order valence-electron chi connectivity index (χ1n) is 12.0. The van der Waals surface area contributed by atoms with Gasteiger partial charge in [0.25, 0.3) is 5.91 Å². The standard InChI is InChI=1S/C27H31F3N4O3/c1-8-26(37-7)19-13-20-17(12-21(19)34(6)24(26)35)23(33-15(3)32-20)31-14(2)16-10-9-11-18(22(16)28)27(29,30)25(4,5)36/h9-14,36H,8H2,1-7H3,(H,31,32,33)/t14-,26+/m1/s1. The summed E-state index contributed by atoms with van der Waals surface area (Å²) in [5.41, 5.74) is -2.57. The van der Waals surface area contributed by atoms with E-state index in [0.29, 0.717) is 40.2 Å². The van der Waals surface area contributed by atoms with E-state index in [2.05, 4.69) is 15.3 Å². The van der Waals surface area contributed by atoms with Crippen molar-refractivity contribution in [1.29, 1.82) is 0 Å². The minimum Gasteiger partial charge on any atom is -0.384 e. The van der Waals surface area contributed by atoms with Crippen LogP contribution in [0.15, 0.2) is 30.3 Å². The fraction of sp³-hybridized carbons (Fsp3) is 0.444. The highest BCUT2D eigenvalue weighted by atomic mass is 19.3. The predicted octanol–water partition coefficient (Wildman–Crippen LogP) is 5.34. The Morgan fingerprint density at radius 2 is 1.92 bits per heavy atom. The number of amides is 1. The number of carbonyl (C=O) groups is 1. The summed E-state index contributed by atoms with van der Waals surface area (Å²) in [7, 11) is 3.16. The molecule has 2 heterocycles. The van der Waals surface area contributed by atoms with E-state index in [1.807, 2.05) is 6.92 Å². The number of hydrogen-bond acceptors (Lipinski definition) is 6. The van der Waals surface area contributed by atoms with E-state index >= 15 is 4.39 Å². The fourth-order valence-corrected chi connectivity index (χ4v) is 4.91. The van der Waals surface area contributed by atoms with Crippen LogP contribution in [0.1, 0.15) is 62.7 Å². The third kappa shape index (κ3) is 4.02. The molecule has 4 rings (SSSR count). The number of aromatic nitrogens is 2. The van der Waals surface area contributed by atoms with Gasteiger partial charge in [-0.25, -0.2) is 14.4 Å². The molecule has 198 valence electrons. The number of methoxy groups -OCH3 is 1. The quantitative estimate of drug-likeness (QED) is 0.441. The first-order valence-corrected chi connectivity index (χ1v) is 12.0. The molecule has 1 aliphatic heterocycles. The SMILES string of the molecule is CC[C@@]1(OC)C(=O)N(C)c2cc3c(N[C@H](C)c4cccc(C(F)(F)C(C)(C)O)c4F)nc(C)nc3cc21. The number of likely N-dealkylation sites (N-methyl/N-ethyl adjacent to an activating group) is 1. The van der Waals surface area contributed by atoms with E-state index in [1.54, 1.807) is 33.0 Å². The fourth-order valence-electron chi connectivity index (χ4n) is 4.91. The molecule has 2 N–H and O–H groups in total. The van der Waals surface area contributed by atoms with E-state index < -0.39 is 34.5 Å². The molecule has 1 amide bonds. The van der Waals surface area contributed by atoms with Crippen molar-refractivity contribution in [1.82, 2.24) is 9.97 Å². The highest BCUT2D eigenvalue weighted by molar-refractivity contribution is 6.09. The predicted molar refractivity (Wildman–Crippen MR) is 135 cm³/mol. The molecular formula is C27H31F3N4O3. The maximum Gasteiger partial charge on any atom is 0.303 e. The van der Waals surface area contributed by atoms with Crippen molar-refractivity contribution in [3.8, 4) is 0 Å². The summed E-state index contributed by atoms with van der Waals surface area (Å²) >= 11 is 0. The average molecular weight is 517 g/mol. The van der Waals surface area contributed by atoms with Crippen molar-refractivity contribution in [3.05, 3.63) is 58.7 Å². The lowest BCUT2D eigenvalue weighted by atomic mass is 9.90. The summed E-state index contributed by atoms with van der Waals surface area (Å²) in [5, 5.41) is 13.7. The number of benzene rings is 2. The van der Waals surface area contributed by atoms with E-state index in [0.717, 1.165) is 19.9 Å². The van der Waals surface area contributed by atoms with Gasteiger partial charge >= 0.3 is 5.92 Å². The van der Waals surface area contributed by atoms with Gasteiger partial charge in [-0.1, -0.05) is 19.1 Å². The maximum absolute atomic E-state index is 15.4. The molecule has 0 saturated heterocycles. The number of ether oxygens (including phenoxy) is 1. The Morgan fingerprint density at radius 3 is 2.51 bits per heavy atom. The van der Waals surface area contributed by atoms with Gasteiger partial charge in [0.2, 0.25) is 0 Å². The molecule has 1 aliphatic rings. The number of alkyl halides is 2. The summed E-state index contributed by atoms with van der Waals surface area (Å²) in [6, 6.07) is 6.52. The molecule has 0 fully saturated rings. The van der Waals surface area contributed by atoms with E-state index in [4.69, 9.17) is 4.74 Å². The number of hydrogen-bond donors (Lipinski definition) is 2. The Kier molecular flexibility index (Phi) is 6.49. The first kappa shape index (κ1) is 26.8. The Morgan fingerprint density at radius 1 is 1.24 bits per heavy atom. The molecule has 0 saturated carbocycles. The number of anilines is 2. The number of nitrogens with one attached hydrogen (secondary N) is 1. The Labute approximate surface area is 213 Å². The van der Waals surface area contributed by atoms with Crippen LogP contribution in [0.5, 0.6) is 0 Å². The van der Waals surface area contributed by atoms with E-state index in [9.17, 15) is 18.7 Å². The zero-order valence-corrected chi connectivity index (χ0v) is 21.9. The molecule has 0 spiro atoms. The van der Waals surface area contributed by atoms with Crippen molar-refractivity contribution in [2.24, 2.45) is 0 Å². The normalized spacial score (nSPS) is 18.9. The summed E-state index contributed by atoms with van der Waals surface area (Å²) < 4.78 is 50.7. The number of carbonyl (C=O) groups excluding carboxylic acids is 1. The molecule has 1 aromatic heterocycles. The summed E-state index contributed by atoms with van der Waals surface area (Å²) in [4.78, 5) is 23.6. The summed E-state index contributed by atoms with van der Waals surface area (Å²) in [6.07, 6.45) is 0.433. The van der Waals surface area contributed by atoms with Crippen LogP contribution in [0.2, 0.25) is 0 Å². The zero-order chi connectivity index (χ0) is 27.5. The Hall–Kier alpha value is -3.24. The van der Waals surface area contributed by atoms with Crippen LogP contribution in [0.3, 0.4) is 0 Å². The van der Waals surface area contributed by atoms with Gasteiger partial charge in [0, 0.05) is 30.7 Å². The van der Waals surface area contributed by atoms with Crippen molar-refractivity contribution in [2.75, 3.05) is 24.4 Å². The Balaban J connectivity index is 1.81. The summed E-state index contributed by atoms with van der Waals surface area (Å²) in [5.74, 6) is -4.31. The van der Waals surface area contributed by atoms with Crippen LogP contribution in [-0.4, -0.2) is 40.7 Å². The van der Waals surface area contributed by atoms with Gasteiger partial charge < -0.3 is 20.1 Å². The molecular weight excluding hydrogens is 485 g/mol. The smallest absolute Gasteiger partial charge is 0.303 e. The van der Waals surface area contributed by atoms with Crippen molar-refractivity contribution >= 4 is 28.3 Å². The van der Waals surface area contributed by atoms with Gasteiger partial charge in [0.15, 0.2) is 5.60 Å². The largest absolute Gasteiger partial charge is 0.384 e. The minimum atomic E-state index is -3.81. The monoisotopic (exact) mass is 516 g/mol. The first-order chi connectivity index (χ1) is 17.2. The highest BCUT2D eigenvalue weighted by Crippen LogP contribution is 2.46. The van der Waals surface area contributed by atoms with E-state index in [-0.39, 0.29) is 11.5 Å². The molecule has 3 aromatic rings. The van der Waals surface area contributed by atoms with Crippen LogP contribution in [0, 0.1) is 12.7 Å². The molecule has 7 nitrogen and oxygen atoms in total. The third-order valence-electron chi connectivity index (χ3n) is 7.17. The van der Waals surface area contributed by atoms with Crippen molar-refractivity contribution in [2.45, 2.75) is 64.2 Å². The minimum absolute atomic E-state index is 0.0105. The average Bonchev–Trinajstić information content (AvgIpc) is 3.03. The topological polar surface area (TPSA) is 87.6 Å². The zero-order valence-electron chi connectivity index (χ0n) is 21.9. The van der Waals surface area contributed by atoms with Crippen molar-refractivity contribution in [3.63, 3.8) is 0 Å². The van der Waals surface area contributed by atoms with Crippen LogP contribution >= 0.6 is 0 Å². The second-order valence-electron chi connectivity index (χ2n) is 9.96. The van der Waals surface area contributed by atoms with Crippen LogP contribution in [0.4, 0.5) is 24.7 Å². The van der Waals surface area contributed by atoms with Gasteiger partial charge in [-0.15, -0.1) is 0 Å². The highest BCUT2D eigenvalue weighted by Gasteiger charge is 2.50. The molecule has 37 heavy (non-hydrogen) atoms. The molecule has 0 bridgehead atoms. The number of aliphatic hydroxyl groups is 1. The van der Waals surface area contributed by atoms with Crippen molar-refractivity contribution < 1.29 is 27.8 Å². The molecule has 2 atom stereocenters. The molecule has 10 heteroatoms. The molecule has 2 aromatic carbocycles. The lowest BCUT2D eigenvalue weighted by molar-refractivity contribution is -0.170. The Bertz CT molecular complexity index is 1380. The van der Waals surface area contributed by atoms with Crippen LogP contribution in [-0.2, 0) is 21.1 Å². The molecule has 0 aliphatic carbocycles. The van der Waals surface area contributed by atoms with E-state index in [1.165, 1.54) is 24.1 Å². The van der Waals surface area contributed by atoms with Crippen LogP contribution in [0.25, 0.3) is 10.9 Å². The lowest BCUT2D eigenvalue weighted by Gasteiger charge is -2.30. The second-order valence-corrected chi connectivity index (χ2v) is 9.96. The van der Waals surface area contributed by atoms with Gasteiger partial charge in [0.1, 0.15) is 23.1 Å². The van der Waals surface area contributed by atoms with Gasteiger partial charge in [0.05, 0.1) is 22.8 Å². The molecule has 0 unspecified atom stereocenters. The lowest BCUT2D eigenvalue weighted by Crippen LogP contribution is -2.41. The van der Waals surface area contributed by atoms with Gasteiger partial charge in [-0.2, -0.15) is 8.78 Å². The number of rotatable bonds is 7.